The third-order valence-corrected chi connectivity index (χ3v) is 4.57. The number of hydrogen-bond acceptors (Lipinski definition) is 2. The van der Waals surface area contributed by atoms with Crippen molar-refractivity contribution in [3.63, 3.8) is 0 Å². The summed E-state index contributed by atoms with van der Waals surface area (Å²) in [5.74, 6) is -0.738. The number of carbonyl (C=O) groups is 1. The lowest BCUT2D eigenvalue weighted by atomic mass is 9.68. The van der Waals surface area contributed by atoms with E-state index >= 15 is 0 Å². The van der Waals surface area contributed by atoms with Gasteiger partial charge in [-0.05, 0) is 47.3 Å². The molecule has 1 aliphatic rings. The standard InChI is InChI=1S/C14H17BrO3/c1-9-5-6-10(15)12(16)11(9)14(13(17)18)7-3-2-4-8-14/h5-6,16H,2-4,7-8H2,1H3,(H,17,18). The second-order valence-corrected chi connectivity index (χ2v) is 5.89. The Bertz CT molecular complexity index is 476. The Balaban J connectivity index is 2.63. The predicted molar refractivity (Wildman–Crippen MR) is 72.9 cm³/mol. The highest BCUT2D eigenvalue weighted by Gasteiger charge is 2.44. The minimum Gasteiger partial charge on any atom is -0.506 e. The van der Waals surface area contributed by atoms with Gasteiger partial charge < -0.3 is 10.2 Å². The fourth-order valence-corrected chi connectivity index (χ4v) is 3.33. The van der Waals surface area contributed by atoms with E-state index in [-0.39, 0.29) is 5.75 Å². The van der Waals surface area contributed by atoms with E-state index in [1.165, 1.54) is 0 Å². The van der Waals surface area contributed by atoms with Gasteiger partial charge in [-0.2, -0.15) is 0 Å². The summed E-state index contributed by atoms with van der Waals surface area (Å²) in [6.45, 7) is 1.86. The van der Waals surface area contributed by atoms with Gasteiger partial charge in [0.2, 0.25) is 0 Å². The number of rotatable bonds is 2. The van der Waals surface area contributed by atoms with Crippen LogP contribution in [0, 0.1) is 6.92 Å². The number of hydrogen-bond donors (Lipinski definition) is 2. The normalized spacial score (nSPS) is 18.6. The minimum absolute atomic E-state index is 0.0827. The number of aryl methyl sites for hydroxylation is 1. The first-order valence-corrected chi connectivity index (χ1v) is 7.00. The van der Waals surface area contributed by atoms with E-state index in [9.17, 15) is 15.0 Å². The van der Waals surface area contributed by atoms with Gasteiger partial charge in [-0.15, -0.1) is 0 Å². The molecule has 0 radical (unpaired) electrons. The van der Waals surface area contributed by atoms with Crippen molar-refractivity contribution in [3.05, 3.63) is 27.7 Å². The summed E-state index contributed by atoms with van der Waals surface area (Å²) in [6, 6.07) is 3.62. The highest BCUT2D eigenvalue weighted by molar-refractivity contribution is 9.10. The highest BCUT2D eigenvalue weighted by atomic mass is 79.9. The van der Waals surface area contributed by atoms with E-state index in [1.54, 1.807) is 6.07 Å². The number of aliphatic carboxylic acids is 1. The second kappa shape index (κ2) is 4.92. The lowest BCUT2D eigenvalue weighted by molar-refractivity contribution is -0.145. The van der Waals surface area contributed by atoms with E-state index in [4.69, 9.17) is 0 Å². The van der Waals surface area contributed by atoms with Crippen LogP contribution in [-0.4, -0.2) is 16.2 Å². The van der Waals surface area contributed by atoms with Gasteiger partial charge in [-0.25, -0.2) is 0 Å². The molecule has 4 heteroatoms. The quantitative estimate of drug-likeness (QED) is 0.874. The van der Waals surface area contributed by atoms with Gasteiger partial charge in [0, 0.05) is 5.56 Å². The van der Waals surface area contributed by atoms with E-state index in [0.29, 0.717) is 22.9 Å². The number of carboxylic acids is 1. The molecular formula is C14H17BrO3. The van der Waals surface area contributed by atoms with Crippen LogP contribution in [0.1, 0.15) is 43.2 Å². The number of aromatic hydroxyl groups is 1. The molecule has 0 atom stereocenters. The Hall–Kier alpha value is -1.03. The Kier molecular flexibility index (Phi) is 3.66. The number of phenolic OH excluding ortho intramolecular Hbond substituents is 1. The Morgan fingerprint density at radius 2 is 1.89 bits per heavy atom. The van der Waals surface area contributed by atoms with Crippen LogP contribution in [0.3, 0.4) is 0 Å². The van der Waals surface area contributed by atoms with Crippen LogP contribution in [-0.2, 0) is 10.2 Å². The minimum atomic E-state index is -0.920. The van der Waals surface area contributed by atoms with Crippen molar-refractivity contribution >= 4 is 21.9 Å². The van der Waals surface area contributed by atoms with Crippen molar-refractivity contribution in [1.29, 1.82) is 0 Å². The van der Waals surface area contributed by atoms with Crippen LogP contribution in [0.5, 0.6) is 5.75 Å². The lowest BCUT2D eigenvalue weighted by Crippen LogP contribution is -2.38. The molecule has 1 aromatic carbocycles. The van der Waals surface area contributed by atoms with Gasteiger partial charge in [0.1, 0.15) is 5.75 Å². The first kappa shape index (κ1) is 13.4. The molecule has 18 heavy (non-hydrogen) atoms. The van der Waals surface area contributed by atoms with Crippen molar-refractivity contribution in [2.24, 2.45) is 0 Å². The molecule has 0 aromatic heterocycles. The average molecular weight is 313 g/mol. The molecule has 3 nitrogen and oxygen atoms in total. The SMILES string of the molecule is Cc1ccc(Br)c(O)c1C1(C(=O)O)CCCCC1. The van der Waals surface area contributed by atoms with Crippen molar-refractivity contribution in [2.75, 3.05) is 0 Å². The predicted octanol–water partition coefficient (Wildman–Crippen LogP) is 3.75. The summed E-state index contributed by atoms with van der Waals surface area (Å²) in [4.78, 5) is 11.8. The first-order chi connectivity index (χ1) is 8.49. The largest absolute Gasteiger partial charge is 0.506 e. The van der Waals surface area contributed by atoms with Gasteiger partial charge >= 0.3 is 5.97 Å². The highest BCUT2D eigenvalue weighted by Crippen LogP contribution is 2.46. The fourth-order valence-electron chi connectivity index (χ4n) is 3.00. The summed E-state index contributed by atoms with van der Waals surface area (Å²) in [7, 11) is 0. The van der Waals surface area contributed by atoms with Crippen LogP contribution in [0.2, 0.25) is 0 Å². The summed E-state index contributed by atoms with van der Waals surface area (Å²) in [5, 5.41) is 19.9. The van der Waals surface area contributed by atoms with Crippen molar-refractivity contribution in [3.8, 4) is 5.75 Å². The molecule has 2 rings (SSSR count). The van der Waals surface area contributed by atoms with Crippen LogP contribution in [0.25, 0.3) is 0 Å². The molecule has 98 valence electrons. The van der Waals surface area contributed by atoms with E-state index < -0.39 is 11.4 Å². The molecule has 1 aliphatic carbocycles. The molecule has 0 heterocycles. The second-order valence-electron chi connectivity index (χ2n) is 5.04. The van der Waals surface area contributed by atoms with Gasteiger partial charge in [-0.1, -0.05) is 25.3 Å². The number of carboxylic acid groups (broad SMARTS) is 1. The number of phenols is 1. The molecule has 0 unspecified atom stereocenters. The topological polar surface area (TPSA) is 57.5 Å². The van der Waals surface area contributed by atoms with Crippen molar-refractivity contribution < 1.29 is 15.0 Å². The zero-order valence-corrected chi connectivity index (χ0v) is 12.0. The van der Waals surface area contributed by atoms with Gasteiger partial charge in [-0.3, -0.25) is 4.79 Å². The van der Waals surface area contributed by atoms with Crippen LogP contribution < -0.4 is 0 Å². The van der Waals surface area contributed by atoms with Crippen LogP contribution in [0.4, 0.5) is 0 Å². The molecule has 0 bridgehead atoms. The van der Waals surface area contributed by atoms with E-state index in [2.05, 4.69) is 15.9 Å². The Labute approximate surface area is 115 Å². The smallest absolute Gasteiger partial charge is 0.314 e. The molecule has 2 N–H and O–H groups in total. The maximum atomic E-state index is 11.8. The summed E-state index contributed by atoms with van der Waals surface area (Å²) >= 11 is 3.28. The lowest BCUT2D eigenvalue weighted by Gasteiger charge is -2.35. The molecule has 0 aliphatic heterocycles. The molecule has 1 fully saturated rings. The zero-order chi connectivity index (χ0) is 13.3. The fraction of sp³-hybridized carbons (Fsp3) is 0.500. The third-order valence-electron chi connectivity index (χ3n) is 3.93. The first-order valence-electron chi connectivity index (χ1n) is 6.21. The van der Waals surface area contributed by atoms with Gasteiger partial charge in [0.15, 0.2) is 0 Å². The molecule has 0 saturated heterocycles. The summed E-state index contributed by atoms with van der Waals surface area (Å²) < 4.78 is 0.564. The van der Waals surface area contributed by atoms with E-state index in [1.807, 2.05) is 13.0 Å². The van der Waals surface area contributed by atoms with Crippen LogP contribution >= 0.6 is 15.9 Å². The third kappa shape index (κ3) is 2.03. The molecule has 1 saturated carbocycles. The monoisotopic (exact) mass is 312 g/mol. The van der Waals surface area contributed by atoms with Gasteiger partial charge in [0.25, 0.3) is 0 Å². The average Bonchev–Trinajstić information content (AvgIpc) is 2.35. The van der Waals surface area contributed by atoms with E-state index in [0.717, 1.165) is 24.8 Å². The number of benzene rings is 1. The maximum absolute atomic E-state index is 11.8. The zero-order valence-electron chi connectivity index (χ0n) is 10.4. The van der Waals surface area contributed by atoms with Gasteiger partial charge in [0.05, 0.1) is 9.89 Å². The van der Waals surface area contributed by atoms with Crippen molar-refractivity contribution in [2.45, 2.75) is 44.4 Å². The van der Waals surface area contributed by atoms with Crippen molar-refractivity contribution in [1.82, 2.24) is 0 Å². The Morgan fingerprint density at radius 3 is 2.44 bits per heavy atom. The summed E-state index contributed by atoms with van der Waals surface area (Å²) in [6.07, 6.45) is 4.08. The molecule has 0 spiro atoms. The maximum Gasteiger partial charge on any atom is 0.314 e. The summed E-state index contributed by atoms with van der Waals surface area (Å²) in [5.41, 5.74) is 0.514. The number of halogens is 1. The Morgan fingerprint density at radius 1 is 1.28 bits per heavy atom. The molecule has 1 aromatic rings. The van der Waals surface area contributed by atoms with Crippen LogP contribution in [0.15, 0.2) is 16.6 Å². The molecular weight excluding hydrogens is 296 g/mol. The molecule has 0 amide bonds.